The van der Waals surface area contributed by atoms with Gasteiger partial charge in [0.25, 0.3) is 0 Å². The first kappa shape index (κ1) is 25.2. The maximum atomic E-state index is 6.34. The van der Waals surface area contributed by atoms with Crippen molar-refractivity contribution in [3.8, 4) is 33.8 Å². The van der Waals surface area contributed by atoms with Gasteiger partial charge >= 0.3 is 7.12 Å². The number of nitrogens with zero attached hydrogens (tertiary/aromatic N) is 2. The third-order valence-electron chi connectivity index (χ3n) is 8.13. The fraction of sp³-hybridized carbons (Fsp3) is 0.176. The van der Waals surface area contributed by atoms with Crippen molar-refractivity contribution >= 4 is 44.2 Å². The summed E-state index contributed by atoms with van der Waals surface area (Å²) in [5, 5.41) is 1.15. The highest BCUT2D eigenvalue weighted by Gasteiger charge is 2.51. The van der Waals surface area contributed by atoms with Gasteiger partial charge in [-0.05, 0) is 56.4 Å². The standard InChI is InChI=1S/C34H29BN2O2S/c1-33(2)34(3,4)39-35(38-33)26-17-11-16-25(21-26)32-36-29(31-30(37-32)27-18-8-9-19-28(27)40-31)24-15-10-14-23(20-24)22-12-6-5-7-13-22/h5-21H,1-4H3. The van der Waals surface area contributed by atoms with Gasteiger partial charge in [-0.3, -0.25) is 0 Å². The third kappa shape index (κ3) is 4.24. The lowest BCUT2D eigenvalue weighted by Gasteiger charge is -2.32. The lowest BCUT2D eigenvalue weighted by Crippen LogP contribution is -2.41. The molecule has 0 aliphatic carbocycles. The van der Waals surface area contributed by atoms with Crippen LogP contribution in [0, 0.1) is 0 Å². The molecule has 4 aromatic carbocycles. The molecule has 0 amide bonds. The molecule has 0 bridgehead atoms. The van der Waals surface area contributed by atoms with E-state index in [4.69, 9.17) is 19.3 Å². The second-order valence-electron chi connectivity index (χ2n) is 11.3. The highest BCUT2D eigenvalue weighted by molar-refractivity contribution is 7.26. The number of rotatable bonds is 4. The van der Waals surface area contributed by atoms with Gasteiger partial charge in [-0.25, -0.2) is 9.97 Å². The Morgan fingerprint density at radius 1 is 0.625 bits per heavy atom. The zero-order chi connectivity index (χ0) is 27.5. The zero-order valence-corrected chi connectivity index (χ0v) is 23.8. The van der Waals surface area contributed by atoms with E-state index in [2.05, 4.69) is 119 Å². The summed E-state index contributed by atoms with van der Waals surface area (Å²) >= 11 is 1.75. The average molecular weight is 540 g/mol. The second-order valence-corrected chi connectivity index (χ2v) is 12.4. The van der Waals surface area contributed by atoms with E-state index in [9.17, 15) is 0 Å². The maximum absolute atomic E-state index is 6.34. The van der Waals surface area contributed by atoms with Crippen LogP contribution in [0.25, 0.3) is 54.1 Å². The van der Waals surface area contributed by atoms with Crippen molar-refractivity contribution in [2.45, 2.75) is 38.9 Å². The summed E-state index contributed by atoms with van der Waals surface area (Å²) in [6, 6.07) is 35.8. The molecule has 40 heavy (non-hydrogen) atoms. The molecule has 1 saturated heterocycles. The van der Waals surface area contributed by atoms with Crippen LogP contribution in [-0.4, -0.2) is 28.3 Å². The van der Waals surface area contributed by atoms with Gasteiger partial charge in [-0.2, -0.15) is 0 Å². The molecule has 0 N–H and O–H groups in total. The summed E-state index contributed by atoms with van der Waals surface area (Å²) in [6.45, 7) is 8.30. The molecule has 1 fully saturated rings. The van der Waals surface area contributed by atoms with Crippen LogP contribution < -0.4 is 5.46 Å². The number of hydrogen-bond acceptors (Lipinski definition) is 5. The van der Waals surface area contributed by atoms with Gasteiger partial charge in [0.05, 0.1) is 27.1 Å². The molecule has 2 aromatic heterocycles. The molecule has 0 radical (unpaired) electrons. The van der Waals surface area contributed by atoms with Crippen molar-refractivity contribution in [3.05, 3.63) is 103 Å². The number of thiophene rings is 1. The minimum Gasteiger partial charge on any atom is -0.399 e. The van der Waals surface area contributed by atoms with Crippen LogP contribution in [-0.2, 0) is 9.31 Å². The fourth-order valence-corrected chi connectivity index (χ4v) is 6.35. The number of hydrogen-bond donors (Lipinski definition) is 0. The topological polar surface area (TPSA) is 44.2 Å². The minimum absolute atomic E-state index is 0.407. The lowest BCUT2D eigenvalue weighted by atomic mass is 9.78. The van der Waals surface area contributed by atoms with E-state index < -0.39 is 18.3 Å². The van der Waals surface area contributed by atoms with Gasteiger partial charge in [0, 0.05) is 21.2 Å². The maximum Gasteiger partial charge on any atom is 0.494 e. The van der Waals surface area contributed by atoms with E-state index in [1.165, 1.54) is 10.3 Å². The van der Waals surface area contributed by atoms with Crippen LogP contribution in [0.1, 0.15) is 27.7 Å². The van der Waals surface area contributed by atoms with Crippen molar-refractivity contribution in [1.82, 2.24) is 9.97 Å². The van der Waals surface area contributed by atoms with Crippen LogP contribution in [0.15, 0.2) is 103 Å². The highest BCUT2D eigenvalue weighted by atomic mass is 32.1. The quantitative estimate of drug-likeness (QED) is 0.212. The van der Waals surface area contributed by atoms with Crippen LogP contribution in [0.3, 0.4) is 0 Å². The summed E-state index contributed by atoms with van der Waals surface area (Å²) in [4.78, 5) is 10.4. The highest BCUT2D eigenvalue weighted by Crippen LogP contribution is 2.40. The SMILES string of the molecule is CC1(C)OB(c2cccc(-c3nc(-c4cccc(-c5ccccc5)c4)c4sc5ccccc5c4n3)c2)OC1(C)C. The Balaban J connectivity index is 1.39. The number of fused-ring (bicyclic) bond motifs is 3. The molecule has 1 aliphatic rings. The Morgan fingerprint density at radius 3 is 2.08 bits per heavy atom. The van der Waals surface area contributed by atoms with E-state index in [1.54, 1.807) is 11.3 Å². The van der Waals surface area contributed by atoms with Crippen molar-refractivity contribution < 1.29 is 9.31 Å². The minimum atomic E-state index is -0.447. The van der Waals surface area contributed by atoms with E-state index in [0.29, 0.717) is 5.82 Å². The first-order valence-corrected chi connectivity index (χ1v) is 14.4. The van der Waals surface area contributed by atoms with Gasteiger partial charge in [0.2, 0.25) is 0 Å². The van der Waals surface area contributed by atoms with Crippen LogP contribution in [0.2, 0.25) is 0 Å². The smallest absolute Gasteiger partial charge is 0.399 e. The molecule has 6 heteroatoms. The Hall–Kier alpha value is -3.84. The summed E-state index contributed by atoms with van der Waals surface area (Å²) in [5.74, 6) is 0.689. The predicted octanol–water partition coefficient (Wildman–Crippen LogP) is 8.14. The number of aromatic nitrogens is 2. The molecule has 1 aliphatic heterocycles. The molecule has 6 aromatic rings. The number of benzene rings is 4. The predicted molar refractivity (Wildman–Crippen MR) is 167 cm³/mol. The van der Waals surface area contributed by atoms with E-state index in [1.807, 2.05) is 12.1 Å². The average Bonchev–Trinajstić information content (AvgIpc) is 3.45. The van der Waals surface area contributed by atoms with Crippen LogP contribution in [0.5, 0.6) is 0 Å². The Kier molecular flexibility index (Phi) is 5.90. The van der Waals surface area contributed by atoms with Crippen molar-refractivity contribution in [2.75, 3.05) is 0 Å². The van der Waals surface area contributed by atoms with Crippen molar-refractivity contribution in [1.29, 1.82) is 0 Å². The Labute approximate surface area is 238 Å². The molecule has 3 heterocycles. The molecule has 0 spiro atoms. The molecular weight excluding hydrogens is 511 g/mol. The summed E-state index contributed by atoms with van der Waals surface area (Å²) < 4.78 is 15.0. The largest absolute Gasteiger partial charge is 0.494 e. The first-order chi connectivity index (χ1) is 19.3. The first-order valence-electron chi connectivity index (χ1n) is 13.6. The van der Waals surface area contributed by atoms with Gasteiger partial charge < -0.3 is 9.31 Å². The normalized spacial score (nSPS) is 16.1. The molecule has 4 nitrogen and oxygen atoms in total. The summed E-state index contributed by atoms with van der Waals surface area (Å²) in [5.41, 5.74) is 6.42. The third-order valence-corrected chi connectivity index (χ3v) is 9.30. The molecule has 0 unspecified atom stereocenters. The van der Waals surface area contributed by atoms with Crippen LogP contribution >= 0.6 is 11.3 Å². The molecule has 7 rings (SSSR count). The second kappa shape index (κ2) is 9.38. The Morgan fingerprint density at radius 2 is 1.27 bits per heavy atom. The Bertz CT molecular complexity index is 1860. The van der Waals surface area contributed by atoms with E-state index in [0.717, 1.165) is 43.4 Å². The zero-order valence-electron chi connectivity index (χ0n) is 23.0. The fourth-order valence-electron chi connectivity index (χ4n) is 5.20. The van der Waals surface area contributed by atoms with Crippen LogP contribution in [0.4, 0.5) is 0 Å². The molecular formula is C34H29BN2O2S. The van der Waals surface area contributed by atoms with Gasteiger partial charge in [-0.1, -0.05) is 91.0 Å². The van der Waals surface area contributed by atoms with Crippen molar-refractivity contribution in [3.63, 3.8) is 0 Å². The lowest BCUT2D eigenvalue weighted by molar-refractivity contribution is 0.00578. The molecule has 0 atom stereocenters. The van der Waals surface area contributed by atoms with Gasteiger partial charge in [0.1, 0.15) is 0 Å². The molecule has 196 valence electrons. The van der Waals surface area contributed by atoms with E-state index in [-0.39, 0.29) is 0 Å². The van der Waals surface area contributed by atoms with E-state index >= 15 is 0 Å². The van der Waals surface area contributed by atoms with Gasteiger partial charge in [-0.15, -0.1) is 11.3 Å². The van der Waals surface area contributed by atoms with Crippen molar-refractivity contribution in [2.24, 2.45) is 0 Å². The molecule has 0 saturated carbocycles. The van der Waals surface area contributed by atoms with Gasteiger partial charge in [0.15, 0.2) is 5.82 Å². The summed E-state index contributed by atoms with van der Waals surface area (Å²) in [6.07, 6.45) is 0. The summed E-state index contributed by atoms with van der Waals surface area (Å²) in [7, 11) is -0.447. The monoisotopic (exact) mass is 540 g/mol.